The average Bonchev–Trinajstić information content (AvgIpc) is 3.13. The predicted octanol–water partition coefficient (Wildman–Crippen LogP) is 4.55. The van der Waals surface area contributed by atoms with Crippen molar-refractivity contribution in [3.8, 4) is 0 Å². The van der Waals surface area contributed by atoms with E-state index < -0.39 is 17.9 Å². The highest BCUT2D eigenvalue weighted by Crippen LogP contribution is 2.29. The molecule has 1 atom stereocenters. The number of unbranched alkanes of at least 4 members (excludes halogenated alkanes) is 1. The second-order valence-corrected chi connectivity index (χ2v) is 7.34. The van der Waals surface area contributed by atoms with Crippen molar-refractivity contribution in [2.24, 2.45) is 0 Å². The lowest BCUT2D eigenvalue weighted by Crippen LogP contribution is -2.40. The van der Waals surface area contributed by atoms with Gasteiger partial charge in [-0.05, 0) is 31.5 Å². The number of ketones is 1. The van der Waals surface area contributed by atoms with E-state index in [4.69, 9.17) is 9.52 Å². The fourth-order valence-corrected chi connectivity index (χ4v) is 3.31. The highest BCUT2D eigenvalue weighted by molar-refractivity contribution is 6.17. The molecule has 0 saturated heterocycles. The number of amides is 1. The maximum Gasteiger partial charge on any atom is 0.326 e. The van der Waals surface area contributed by atoms with Crippen molar-refractivity contribution < 1.29 is 23.9 Å². The van der Waals surface area contributed by atoms with Crippen LogP contribution in [0.1, 0.15) is 58.7 Å². The largest absolute Gasteiger partial charge is 0.480 e. The second-order valence-electron chi connectivity index (χ2n) is 7.34. The third-order valence-electron chi connectivity index (χ3n) is 5.31. The van der Waals surface area contributed by atoms with Crippen LogP contribution in [0.5, 0.6) is 0 Å². The fourth-order valence-electron chi connectivity index (χ4n) is 3.31. The molecular formula is C24H25NO5. The van der Waals surface area contributed by atoms with Crippen LogP contribution in [0.2, 0.25) is 0 Å². The summed E-state index contributed by atoms with van der Waals surface area (Å²) in [6.45, 7) is 3.53. The molecule has 3 aromatic rings. The number of carboxylic acids is 1. The van der Waals surface area contributed by atoms with E-state index in [1.54, 1.807) is 24.3 Å². The minimum absolute atomic E-state index is 0.155. The molecule has 1 heterocycles. The van der Waals surface area contributed by atoms with Crippen LogP contribution in [0, 0.1) is 0 Å². The van der Waals surface area contributed by atoms with Gasteiger partial charge in [0.05, 0.1) is 5.56 Å². The van der Waals surface area contributed by atoms with Crippen LogP contribution in [0.3, 0.4) is 0 Å². The molecular weight excluding hydrogens is 382 g/mol. The zero-order chi connectivity index (χ0) is 21.8. The average molecular weight is 407 g/mol. The Kier molecular flexibility index (Phi) is 6.35. The summed E-state index contributed by atoms with van der Waals surface area (Å²) in [5.41, 5.74) is 2.02. The number of hydrogen-bond donors (Lipinski definition) is 1. The van der Waals surface area contributed by atoms with Gasteiger partial charge in [0.15, 0.2) is 5.78 Å². The summed E-state index contributed by atoms with van der Waals surface area (Å²) in [5.74, 6) is -0.971. The molecule has 0 saturated carbocycles. The van der Waals surface area contributed by atoms with Crippen LogP contribution in [-0.4, -0.2) is 40.8 Å². The standard InChI is InChI=1S/C24H25NO5/c1-4-5-9-20-21(18-8-6-7-10-19(18)30-20)22(26)16-11-13-17(14-12-16)23(27)25(3)15(2)24(28)29/h6-8,10-15H,4-5,9H2,1-3H3,(H,28,29)/t15-/m1/s1. The van der Waals surface area contributed by atoms with Gasteiger partial charge in [-0.3, -0.25) is 9.59 Å². The maximum absolute atomic E-state index is 13.3. The second kappa shape index (κ2) is 8.95. The van der Waals surface area contributed by atoms with E-state index in [0.717, 1.165) is 23.1 Å². The van der Waals surface area contributed by atoms with Crippen LogP contribution in [0.25, 0.3) is 11.0 Å². The number of carboxylic acid groups (broad SMARTS) is 1. The van der Waals surface area contributed by atoms with E-state index >= 15 is 0 Å². The Labute approximate surface area is 175 Å². The molecule has 1 N–H and O–H groups in total. The quantitative estimate of drug-likeness (QED) is 0.554. The van der Waals surface area contributed by atoms with Gasteiger partial charge in [-0.15, -0.1) is 0 Å². The summed E-state index contributed by atoms with van der Waals surface area (Å²) in [4.78, 5) is 38.1. The molecule has 6 heteroatoms. The number of carbonyl (C=O) groups excluding carboxylic acids is 2. The number of nitrogens with zero attached hydrogens (tertiary/aromatic N) is 1. The number of likely N-dealkylation sites (N-methyl/N-ethyl adjacent to an activating group) is 1. The minimum atomic E-state index is -1.08. The number of aliphatic carboxylic acids is 1. The molecule has 1 aromatic heterocycles. The summed E-state index contributed by atoms with van der Waals surface area (Å²) in [6.07, 6.45) is 2.59. The van der Waals surface area contributed by atoms with Crippen LogP contribution in [0.15, 0.2) is 52.9 Å². The molecule has 1 amide bonds. The van der Waals surface area contributed by atoms with Crippen molar-refractivity contribution in [2.75, 3.05) is 7.05 Å². The zero-order valence-electron chi connectivity index (χ0n) is 17.3. The topological polar surface area (TPSA) is 87.8 Å². The monoisotopic (exact) mass is 407 g/mol. The molecule has 0 spiro atoms. The van der Waals surface area contributed by atoms with Gasteiger partial charge in [-0.2, -0.15) is 0 Å². The Morgan fingerprint density at radius 2 is 1.67 bits per heavy atom. The SMILES string of the molecule is CCCCc1oc2ccccc2c1C(=O)c1ccc(C(=O)N(C)[C@H](C)C(=O)O)cc1. The van der Waals surface area contributed by atoms with Gasteiger partial charge in [0.2, 0.25) is 0 Å². The lowest BCUT2D eigenvalue weighted by molar-refractivity contribution is -0.141. The van der Waals surface area contributed by atoms with E-state index in [-0.39, 0.29) is 5.78 Å². The summed E-state index contributed by atoms with van der Waals surface area (Å²) in [6, 6.07) is 12.8. The van der Waals surface area contributed by atoms with Crippen LogP contribution in [0.4, 0.5) is 0 Å². The maximum atomic E-state index is 13.3. The first-order chi connectivity index (χ1) is 14.3. The number of benzene rings is 2. The summed E-state index contributed by atoms with van der Waals surface area (Å²) >= 11 is 0. The van der Waals surface area contributed by atoms with Crippen LogP contribution < -0.4 is 0 Å². The highest BCUT2D eigenvalue weighted by atomic mass is 16.4. The molecule has 156 valence electrons. The van der Waals surface area contributed by atoms with E-state index in [0.29, 0.717) is 34.5 Å². The van der Waals surface area contributed by atoms with Crippen LogP contribution in [-0.2, 0) is 11.2 Å². The van der Waals surface area contributed by atoms with Gasteiger partial charge in [-0.25, -0.2) is 4.79 Å². The number of carbonyl (C=O) groups is 3. The molecule has 0 unspecified atom stereocenters. The Morgan fingerprint density at radius 1 is 1.03 bits per heavy atom. The van der Waals surface area contributed by atoms with Gasteiger partial charge in [0, 0.05) is 30.0 Å². The number of para-hydroxylation sites is 1. The Balaban J connectivity index is 1.91. The Morgan fingerprint density at radius 3 is 2.30 bits per heavy atom. The molecule has 0 aliphatic carbocycles. The van der Waals surface area contributed by atoms with E-state index in [9.17, 15) is 14.4 Å². The smallest absolute Gasteiger partial charge is 0.326 e. The first-order valence-electron chi connectivity index (χ1n) is 10.00. The Bertz CT molecular complexity index is 1080. The molecule has 6 nitrogen and oxygen atoms in total. The van der Waals surface area contributed by atoms with Crippen molar-refractivity contribution >= 4 is 28.6 Å². The molecule has 0 fully saturated rings. The first-order valence-corrected chi connectivity index (χ1v) is 10.00. The third kappa shape index (κ3) is 4.13. The number of rotatable bonds is 8. The molecule has 0 aliphatic heterocycles. The zero-order valence-corrected chi connectivity index (χ0v) is 17.3. The van der Waals surface area contributed by atoms with Gasteiger partial charge in [0.1, 0.15) is 17.4 Å². The van der Waals surface area contributed by atoms with Gasteiger partial charge in [-0.1, -0.05) is 43.7 Å². The van der Waals surface area contributed by atoms with Crippen molar-refractivity contribution in [3.05, 3.63) is 71.0 Å². The van der Waals surface area contributed by atoms with Gasteiger partial charge >= 0.3 is 5.97 Å². The molecule has 0 bridgehead atoms. The molecule has 0 aliphatic rings. The van der Waals surface area contributed by atoms with Crippen LogP contribution >= 0.6 is 0 Å². The minimum Gasteiger partial charge on any atom is -0.480 e. The first kappa shape index (κ1) is 21.3. The lowest BCUT2D eigenvalue weighted by atomic mass is 9.97. The van der Waals surface area contributed by atoms with E-state index in [1.807, 2.05) is 24.3 Å². The van der Waals surface area contributed by atoms with Gasteiger partial charge < -0.3 is 14.4 Å². The Hall–Kier alpha value is -3.41. The van der Waals surface area contributed by atoms with Crippen molar-refractivity contribution in [1.29, 1.82) is 0 Å². The summed E-state index contributed by atoms with van der Waals surface area (Å²) < 4.78 is 5.95. The lowest BCUT2D eigenvalue weighted by Gasteiger charge is -2.21. The highest BCUT2D eigenvalue weighted by Gasteiger charge is 2.24. The molecule has 3 rings (SSSR count). The number of fused-ring (bicyclic) bond motifs is 1. The number of hydrogen-bond acceptors (Lipinski definition) is 4. The van der Waals surface area contributed by atoms with Gasteiger partial charge in [0.25, 0.3) is 5.91 Å². The number of furan rings is 1. The summed E-state index contributed by atoms with van der Waals surface area (Å²) in [5, 5.41) is 9.88. The fraction of sp³-hybridized carbons (Fsp3) is 0.292. The molecule has 0 radical (unpaired) electrons. The number of aryl methyl sites for hydroxylation is 1. The van der Waals surface area contributed by atoms with E-state index in [1.165, 1.54) is 14.0 Å². The molecule has 30 heavy (non-hydrogen) atoms. The van der Waals surface area contributed by atoms with Crippen molar-refractivity contribution in [1.82, 2.24) is 4.90 Å². The van der Waals surface area contributed by atoms with Crippen molar-refractivity contribution in [3.63, 3.8) is 0 Å². The molecule has 2 aromatic carbocycles. The predicted molar refractivity (Wildman–Crippen MR) is 114 cm³/mol. The summed E-state index contributed by atoms with van der Waals surface area (Å²) in [7, 11) is 1.44. The van der Waals surface area contributed by atoms with E-state index in [2.05, 4.69) is 6.92 Å². The normalized spacial score (nSPS) is 12.0. The van der Waals surface area contributed by atoms with Crippen molar-refractivity contribution in [2.45, 2.75) is 39.2 Å². The third-order valence-corrected chi connectivity index (χ3v) is 5.31.